The molecule has 0 radical (unpaired) electrons. The fourth-order valence-corrected chi connectivity index (χ4v) is 2.68. The van der Waals surface area contributed by atoms with Crippen molar-refractivity contribution in [3.63, 3.8) is 0 Å². The van der Waals surface area contributed by atoms with Crippen LogP contribution in [0.15, 0.2) is 12.1 Å². The highest BCUT2D eigenvalue weighted by molar-refractivity contribution is 6.34. The number of anilines is 1. The molecule has 102 valence electrons. The first-order valence-corrected chi connectivity index (χ1v) is 6.69. The molecular formula is C14H17ClN2O2. The van der Waals surface area contributed by atoms with E-state index in [1.54, 1.807) is 0 Å². The summed E-state index contributed by atoms with van der Waals surface area (Å²) >= 11 is 6.15. The van der Waals surface area contributed by atoms with Crippen LogP contribution < -0.4 is 10.6 Å². The Morgan fingerprint density at radius 2 is 2.16 bits per heavy atom. The summed E-state index contributed by atoms with van der Waals surface area (Å²) in [5.74, 6) is -0.479. The molecule has 1 aromatic carbocycles. The standard InChI is InChI=1S/C14H17ClN2O2/c1-8-5-9(2)13(11(15)6-8)17-14(19)10-3-4-16-12(18)7-10/h5-6,10H,3-4,7H2,1-2H3,(H,16,18)(H,17,19). The Kier molecular flexibility index (Phi) is 4.10. The number of carbonyl (C=O) groups excluding carboxylic acids is 2. The van der Waals surface area contributed by atoms with Gasteiger partial charge in [0.1, 0.15) is 0 Å². The SMILES string of the molecule is Cc1cc(C)c(NC(=O)C2CCNC(=O)C2)c(Cl)c1. The average molecular weight is 281 g/mol. The van der Waals surface area contributed by atoms with E-state index in [9.17, 15) is 9.59 Å². The molecular weight excluding hydrogens is 264 g/mol. The molecule has 2 amide bonds. The van der Waals surface area contributed by atoms with Crippen molar-refractivity contribution in [3.05, 3.63) is 28.3 Å². The van der Waals surface area contributed by atoms with E-state index in [-0.39, 0.29) is 24.2 Å². The molecule has 19 heavy (non-hydrogen) atoms. The van der Waals surface area contributed by atoms with Crippen LogP contribution in [0.2, 0.25) is 5.02 Å². The maximum absolute atomic E-state index is 12.2. The lowest BCUT2D eigenvalue weighted by Crippen LogP contribution is -2.38. The van der Waals surface area contributed by atoms with E-state index in [1.807, 2.05) is 26.0 Å². The van der Waals surface area contributed by atoms with E-state index >= 15 is 0 Å². The van der Waals surface area contributed by atoms with E-state index in [4.69, 9.17) is 11.6 Å². The zero-order chi connectivity index (χ0) is 14.0. The van der Waals surface area contributed by atoms with Crippen LogP contribution >= 0.6 is 11.6 Å². The molecule has 1 saturated heterocycles. The second kappa shape index (κ2) is 5.61. The second-order valence-corrected chi connectivity index (χ2v) is 5.37. The predicted molar refractivity (Wildman–Crippen MR) is 75.3 cm³/mol. The largest absolute Gasteiger partial charge is 0.356 e. The molecule has 5 heteroatoms. The Hall–Kier alpha value is -1.55. The Morgan fingerprint density at radius 3 is 2.79 bits per heavy atom. The number of hydrogen-bond acceptors (Lipinski definition) is 2. The molecule has 2 N–H and O–H groups in total. The van der Waals surface area contributed by atoms with Gasteiger partial charge in [0.2, 0.25) is 11.8 Å². The van der Waals surface area contributed by atoms with Gasteiger partial charge in [-0.1, -0.05) is 17.7 Å². The van der Waals surface area contributed by atoms with E-state index in [0.29, 0.717) is 23.7 Å². The Bertz CT molecular complexity index is 505. The topological polar surface area (TPSA) is 58.2 Å². The molecule has 0 aliphatic carbocycles. The molecule has 4 nitrogen and oxygen atoms in total. The predicted octanol–water partition coefficient (Wildman–Crippen LogP) is 2.42. The maximum Gasteiger partial charge on any atom is 0.228 e. The number of rotatable bonds is 2. The molecule has 1 heterocycles. The molecule has 1 unspecified atom stereocenters. The fraction of sp³-hybridized carbons (Fsp3) is 0.429. The van der Waals surface area contributed by atoms with Gasteiger partial charge in [-0.25, -0.2) is 0 Å². The summed E-state index contributed by atoms with van der Waals surface area (Å²) in [7, 11) is 0. The van der Waals surface area contributed by atoms with Gasteiger partial charge in [-0.15, -0.1) is 0 Å². The lowest BCUT2D eigenvalue weighted by atomic mass is 9.96. The zero-order valence-electron chi connectivity index (χ0n) is 11.0. The molecule has 1 aromatic rings. The summed E-state index contributed by atoms with van der Waals surface area (Å²) in [6, 6.07) is 3.78. The van der Waals surface area contributed by atoms with Crippen molar-refractivity contribution in [1.29, 1.82) is 0 Å². The van der Waals surface area contributed by atoms with Gasteiger partial charge in [0.05, 0.1) is 10.7 Å². The van der Waals surface area contributed by atoms with Gasteiger partial charge < -0.3 is 10.6 Å². The van der Waals surface area contributed by atoms with E-state index in [1.165, 1.54) is 0 Å². The number of amides is 2. The summed E-state index contributed by atoms with van der Waals surface area (Å²) in [6.45, 7) is 4.41. The van der Waals surface area contributed by atoms with Crippen LogP contribution in [0.25, 0.3) is 0 Å². The third kappa shape index (κ3) is 3.26. The van der Waals surface area contributed by atoms with Crippen molar-refractivity contribution in [2.75, 3.05) is 11.9 Å². The van der Waals surface area contributed by atoms with Crippen LogP contribution in [0, 0.1) is 19.8 Å². The van der Waals surface area contributed by atoms with Crippen LogP contribution in [0.4, 0.5) is 5.69 Å². The van der Waals surface area contributed by atoms with Crippen molar-refractivity contribution in [1.82, 2.24) is 5.32 Å². The third-order valence-corrected chi connectivity index (χ3v) is 3.60. The van der Waals surface area contributed by atoms with Gasteiger partial charge >= 0.3 is 0 Å². The van der Waals surface area contributed by atoms with Gasteiger partial charge in [0, 0.05) is 18.9 Å². The molecule has 1 aliphatic rings. The maximum atomic E-state index is 12.2. The highest BCUT2D eigenvalue weighted by atomic mass is 35.5. The van der Waals surface area contributed by atoms with Gasteiger partial charge in [-0.05, 0) is 37.5 Å². The van der Waals surface area contributed by atoms with Crippen LogP contribution in [0.3, 0.4) is 0 Å². The first kappa shape index (κ1) is 13.9. The van der Waals surface area contributed by atoms with Crippen molar-refractivity contribution in [2.45, 2.75) is 26.7 Å². The molecule has 0 spiro atoms. The van der Waals surface area contributed by atoms with Crippen molar-refractivity contribution in [2.24, 2.45) is 5.92 Å². The fourth-order valence-electron chi connectivity index (χ4n) is 2.31. The monoisotopic (exact) mass is 280 g/mol. The first-order chi connectivity index (χ1) is 8.97. The normalized spacial score (nSPS) is 18.9. The van der Waals surface area contributed by atoms with Crippen molar-refractivity contribution >= 4 is 29.1 Å². The lowest BCUT2D eigenvalue weighted by Gasteiger charge is -2.22. The number of nitrogens with one attached hydrogen (secondary N) is 2. The molecule has 2 rings (SSSR count). The van der Waals surface area contributed by atoms with Crippen LogP contribution in [0.1, 0.15) is 24.0 Å². The minimum absolute atomic E-state index is 0.0712. The van der Waals surface area contributed by atoms with E-state index in [2.05, 4.69) is 10.6 Å². The summed E-state index contributed by atoms with van der Waals surface area (Å²) in [4.78, 5) is 23.4. The Morgan fingerprint density at radius 1 is 1.42 bits per heavy atom. The molecule has 0 saturated carbocycles. The zero-order valence-corrected chi connectivity index (χ0v) is 11.8. The van der Waals surface area contributed by atoms with Crippen LogP contribution in [-0.4, -0.2) is 18.4 Å². The van der Waals surface area contributed by atoms with Gasteiger partial charge in [0.25, 0.3) is 0 Å². The average Bonchev–Trinajstić information content (AvgIpc) is 2.33. The summed E-state index contributed by atoms with van der Waals surface area (Å²) in [6.07, 6.45) is 0.911. The van der Waals surface area contributed by atoms with Gasteiger partial charge in [-0.3, -0.25) is 9.59 Å². The summed E-state index contributed by atoms with van der Waals surface area (Å²) < 4.78 is 0. The third-order valence-electron chi connectivity index (χ3n) is 3.30. The Balaban J connectivity index is 2.13. The molecule has 1 atom stereocenters. The smallest absolute Gasteiger partial charge is 0.228 e. The number of aryl methyl sites for hydroxylation is 2. The van der Waals surface area contributed by atoms with Crippen LogP contribution in [0.5, 0.6) is 0 Å². The highest BCUT2D eigenvalue weighted by Gasteiger charge is 2.26. The van der Waals surface area contributed by atoms with Crippen molar-refractivity contribution in [3.8, 4) is 0 Å². The summed E-state index contributed by atoms with van der Waals surface area (Å²) in [5, 5.41) is 6.09. The van der Waals surface area contributed by atoms with E-state index in [0.717, 1.165) is 11.1 Å². The molecule has 1 aliphatic heterocycles. The van der Waals surface area contributed by atoms with Gasteiger partial charge in [0.15, 0.2) is 0 Å². The first-order valence-electron chi connectivity index (χ1n) is 6.31. The van der Waals surface area contributed by atoms with Gasteiger partial charge in [-0.2, -0.15) is 0 Å². The van der Waals surface area contributed by atoms with Crippen molar-refractivity contribution < 1.29 is 9.59 Å². The van der Waals surface area contributed by atoms with Crippen LogP contribution in [-0.2, 0) is 9.59 Å². The minimum atomic E-state index is -0.273. The van der Waals surface area contributed by atoms with E-state index < -0.39 is 0 Å². The molecule has 0 bridgehead atoms. The Labute approximate surface area is 117 Å². The summed E-state index contributed by atoms with van der Waals surface area (Å²) in [5.41, 5.74) is 2.62. The number of carbonyl (C=O) groups is 2. The number of hydrogen-bond donors (Lipinski definition) is 2. The number of benzene rings is 1. The second-order valence-electron chi connectivity index (χ2n) is 4.97. The number of piperidine rings is 1. The number of halogens is 1. The quantitative estimate of drug-likeness (QED) is 0.874. The molecule has 1 fully saturated rings. The minimum Gasteiger partial charge on any atom is -0.356 e. The highest BCUT2D eigenvalue weighted by Crippen LogP contribution is 2.28. The lowest BCUT2D eigenvalue weighted by molar-refractivity contribution is -0.129. The molecule has 0 aromatic heterocycles.